The lowest BCUT2D eigenvalue weighted by molar-refractivity contribution is 0.0974. The predicted octanol–water partition coefficient (Wildman–Crippen LogP) is 4.20. The van der Waals surface area contributed by atoms with Crippen molar-refractivity contribution >= 4 is 46.3 Å². The van der Waals surface area contributed by atoms with E-state index in [-0.39, 0.29) is 11.7 Å². The second-order valence-electron chi connectivity index (χ2n) is 5.38. The maximum absolute atomic E-state index is 12.9. The molecule has 0 saturated heterocycles. The lowest BCUT2D eigenvalue weighted by Crippen LogP contribution is -2.32. The average molecular weight is 349 g/mol. The van der Waals surface area contributed by atoms with Gasteiger partial charge in [-0.2, -0.15) is 0 Å². The summed E-state index contributed by atoms with van der Waals surface area (Å²) in [5.74, 6) is -0.269. The Morgan fingerprint density at radius 3 is 2.65 bits per heavy atom. The number of ketones is 1. The number of rotatable bonds is 1. The topological polar surface area (TPSA) is 63.4 Å². The molecule has 0 aromatic heterocycles. The third kappa shape index (κ3) is 3.05. The van der Waals surface area contributed by atoms with Crippen molar-refractivity contribution in [1.82, 2.24) is 0 Å². The third-order valence-corrected chi connectivity index (χ3v) is 4.35. The SMILES string of the molecule is Nc1ccc(C(=O)N2CCCC(=O)c3cc(Cl)ccc32)c(Cl)c1. The van der Waals surface area contributed by atoms with Crippen LogP contribution in [0.25, 0.3) is 0 Å². The quantitative estimate of drug-likeness (QED) is 0.785. The molecule has 1 aliphatic rings. The van der Waals surface area contributed by atoms with Gasteiger partial charge in [0.05, 0.1) is 16.3 Å². The summed E-state index contributed by atoms with van der Waals surface area (Å²) in [6, 6.07) is 9.75. The van der Waals surface area contributed by atoms with Gasteiger partial charge in [0, 0.05) is 29.2 Å². The van der Waals surface area contributed by atoms with Crippen LogP contribution in [0.1, 0.15) is 33.6 Å². The van der Waals surface area contributed by atoms with Gasteiger partial charge in [-0.25, -0.2) is 0 Å². The standard InChI is InChI=1S/C17H14Cl2N2O2/c18-10-3-6-15-13(8-10)16(22)2-1-7-21(15)17(23)12-5-4-11(20)9-14(12)19/h3-6,8-9H,1-2,7,20H2. The lowest BCUT2D eigenvalue weighted by Gasteiger charge is -2.23. The van der Waals surface area contributed by atoms with Crippen LogP contribution in [0.15, 0.2) is 36.4 Å². The minimum absolute atomic E-state index is 0.0128. The van der Waals surface area contributed by atoms with Gasteiger partial charge < -0.3 is 10.6 Å². The highest BCUT2D eigenvalue weighted by Gasteiger charge is 2.27. The Bertz CT molecular complexity index is 805. The molecule has 0 bridgehead atoms. The molecular formula is C17H14Cl2N2O2. The normalized spacial score (nSPS) is 14.3. The summed E-state index contributed by atoms with van der Waals surface area (Å²) in [4.78, 5) is 26.7. The van der Waals surface area contributed by atoms with E-state index >= 15 is 0 Å². The van der Waals surface area contributed by atoms with Crippen LogP contribution in [-0.4, -0.2) is 18.2 Å². The maximum Gasteiger partial charge on any atom is 0.259 e. The second-order valence-corrected chi connectivity index (χ2v) is 6.23. The number of hydrogen-bond donors (Lipinski definition) is 1. The average Bonchev–Trinajstić information content (AvgIpc) is 2.66. The Labute approximate surface area is 143 Å². The molecule has 3 rings (SSSR count). The van der Waals surface area contributed by atoms with Crippen molar-refractivity contribution in [3.05, 3.63) is 57.6 Å². The van der Waals surface area contributed by atoms with Gasteiger partial charge in [0.1, 0.15) is 0 Å². The maximum atomic E-state index is 12.9. The molecule has 0 fully saturated rings. The van der Waals surface area contributed by atoms with Crippen LogP contribution in [0.3, 0.4) is 0 Å². The van der Waals surface area contributed by atoms with Crippen molar-refractivity contribution in [2.75, 3.05) is 17.2 Å². The van der Waals surface area contributed by atoms with E-state index in [9.17, 15) is 9.59 Å². The fourth-order valence-corrected chi connectivity index (χ4v) is 3.12. The summed E-state index contributed by atoms with van der Waals surface area (Å²) in [6.45, 7) is 0.444. The fourth-order valence-electron chi connectivity index (χ4n) is 2.68. The van der Waals surface area contributed by atoms with Crippen LogP contribution >= 0.6 is 23.2 Å². The minimum atomic E-state index is -0.256. The zero-order valence-corrected chi connectivity index (χ0v) is 13.7. The van der Waals surface area contributed by atoms with E-state index in [1.165, 1.54) is 0 Å². The Kier molecular flexibility index (Phi) is 4.28. The van der Waals surface area contributed by atoms with E-state index in [2.05, 4.69) is 0 Å². The van der Waals surface area contributed by atoms with Gasteiger partial charge in [-0.15, -0.1) is 0 Å². The van der Waals surface area contributed by atoms with E-state index in [0.29, 0.717) is 51.9 Å². The molecule has 2 aromatic rings. The molecule has 118 valence electrons. The predicted molar refractivity (Wildman–Crippen MR) is 92.6 cm³/mol. The summed E-state index contributed by atoms with van der Waals surface area (Å²) in [5, 5.41) is 0.762. The number of amides is 1. The molecule has 2 N–H and O–H groups in total. The molecule has 2 aromatic carbocycles. The molecule has 0 unspecified atom stereocenters. The molecule has 0 radical (unpaired) electrons. The van der Waals surface area contributed by atoms with Crippen LogP contribution in [0, 0.1) is 0 Å². The zero-order chi connectivity index (χ0) is 16.6. The number of nitrogens with two attached hydrogens (primary N) is 1. The number of nitrogens with zero attached hydrogens (tertiary/aromatic N) is 1. The molecule has 0 aliphatic carbocycles. The van der Waals surface area contributed by atoms with Crippen LogP contribution in [-0.2, 0) is 0 Å². The molecule has 1 heterocycles. The number of benzene rings is 2. The first-order chi connectivity index (χ1) is 11.0. The van der Waals surface area contributed by atoms with Crippen LogP contribution in [0.4, 0.5) is 11.4 Å². The summed E-state index contributed by atoms with van der Waals surface area (Å²) in [7, 11) is 0. The highest BCUT2D eigenvalue weighted by Crippen LogP contribution is 2.31. The van der Waals surface area contributed by atoms with E-state index in [0.717, 1.165) is 0 Å². The largest absolute Gasteiger partial charge is 0.399 e. The molecule has 0 atom stereocenters. The number of hydrogen-bond acceptors (Lipinski definition) is 3. The van der Waals surface area contributed by atoms with Crippen molar-refractivity contribution in [2.45, 2.75) is 12.8 Å². The molecule has 23 heavy (non-hydrogen) atoms. The van der Waals surface area contributed by atoms with Crippen LogP contribution in [0.5, 0.6) is 0 Å². The van der Waals surface area contributed by atoms with Gasteiger partial charge in [0.2, 0.25) is 0 Å². The monoisotopic (exact) mass is 348 g/mol. The van der Waals surface area contributed by atoms with Gasteiger partial charge in [0.15, 0.2) is 5.78 Å². The van der Waals surface area contributed by atoms with Crippen LogP contribution in [0.2, 0.25) is 10.0 Å². The smallest absolute Gasteiger partial charge is 0.259 e. The molecule has 0 spiro atoms. The van der Waals surface area contributed by atoms with Crippen molar-refractivity contribution in [1.29, 1.82) is 0 Å². The second kappa shape index (κ2) is 6.22. The van der Waals surface area contributed by atoms with Gasteiger partial charge in [-0.05, 0) is 42.8 Å². The molecule has 0 saturated carbocycles. The van der Waals surface area contributed by atoms with E-state index in [4.69, 9.17) is 28.9 Å². The first-order valence-electron chi connectivity index (χ1n) is 7.17. The molecule has 1 amide bonds. The van der Waals surface area contributed by atoms with Crippen molar-refractivity contribution in [3.63, 3.8) is 0 Å². The Morgan fingerprint density at radius 2 is 1.91 bits per heavy atom. The molecular weight excluding hydrogens is 335 g/mol. The summed E-state index contributed by atoms with van der Waals surface area (Å²) < 4.78 is 0. The Morgan fingerprint density at radius 1 is 1.13 bits per heavy atom. The van der Waals surface area contributed by atoms with Crippen LogP contribution < -0.4 is 10.6 Å². The Hall–Kier alpha value is -2.04. The Balaban J connectivity index is 2.07. The van der Waals surface area contributed by atoms with Crippen molar-refractivity contribution < 1.29 is 9.59 Å². The fraction of sp³-hybridized carbons (Fsp3) is 0.176. The molecule has 6 heteroatoms. The number of carbonyl (C=O) groups is 2. The first kappa shape index (κ1) is 15.8. The highest BCUT2D eigenvalue weighted by molar-refractivity contribution is 6.35. The van der Waals surface area contributed by atoms with Gasteiger partial charge in [-0.1, -0.05) is 23.2 Å². The van der Waals surface area contributed by atoms with Gasteiger partial charge in [0.25, 0.3) is 5.91 Å². The minimum Gasteiger partial charge on any atom is -0.399 e. The summed E-state index contributed by atoms with van der Waals surface area (Å²) in [6.07, 6.45) is 0.968. The number of halogens is 2. The van der Waals surface area contributed by atoms with E-state index in [1.807, 2.05) is 0 Å². The molecule has 4 nitrogen and oxygen atoms in total. The van der Waals surface area contributed by atoms with Crippen molar-refractivity contribution in [3.8, 4) is 0 Å². The lowest BCUT2D eigenvalue weighted by atomic mass is 10.1. The number of nitrogen functional groups attached to an aromatic ring is 1. The number of anilines is 2. The number of carbonyl (C=O) groups excluding carboxylic acids is 2. The number of fused-ring (bicyclic) bond motifs is 1. The van der Waals surface area contributed by atoms with E-state index in [1.54, 1.807) is 41.3 Å². The van der Waals surface area contributed by atoms with Gasteiger partial charge >= 0.3 is 0 Å². The van der Waals surface area contributed by atoms with Gasteiger partial charge in [-0.3, -0.25) is 9.59 Å². The summed E-state index contributed by atoms with van der Waals surface area (Å²) >= 11 is 12.1. The summed E-state index contributed by atoms with van der Waals surface area (Å²) in [5.41, 5.74) is 7.55. The highest BCUT2D eigenvalue weighted by atomic mass is 35.5. The third-order valence-electron chi connectivity index (χ3n) is 3.80. The van der Waals surface area contributed by atoms with Crippen molar-refractivity contribution in [2.24, 2.45) is 0 Å². The van der Waals surface area contributed by atoms with E-state index < -0.39 is 0 Å². The number of Topliss-reactive ketones (excluding diaryl/α,β-unsaturated/α-hetero) is 1. The zero-order valence-electron chi connectivity index (χ0n) is 12.2. The molecule has 1 aliphatic heterocycles. The first-order valence-corrected chi connectivity index (χ1v) is 7.92.